The molecule has 4 aliphatic rings. The van der Waals surface area contributed by atoms with Gasteiger partial charge in [-0.2, -0.15) is 0 Å². The lowest BCUT2D eigenvalue weighted by Crippen LogP contribution is -2.41. The molecule has 8 heterocycles. The molecular weight excluding hydrogens is 1300 g/mol. The Kier molecular flexibility index (Phi) is 11.9. The maximum absolute atomic E-state index is 16.3. The van der Waals surface area contributed by atoms with E-state index in [1.165, 1.54) is 19.6 Å². The van der Waals surface area contributed by atoms with Crippen molar-refractivity contribution in [1.82, 2.24) is 19.9 Å². The largest absolute Gasteiger partial charge is 0.268 e. The van der Waals surface area contributed by atoms with Crippen LogP contribution in [-0.4, -0.2) is 67.2 Å². The number of imide groups is 4. The molecule has 4 aliphatic heterocycles. The summed E-state index contributed by atoms with van der Waals surface area (Å²) in [5.74, 6) is -4.24. The van der Waals surface area contributed by atoms with E-state index in [9.17, 15) is 0 Å². The van der Waals surface area contributed by atoms with Gasteiger partial charge in [-0.1, -0.05) is 95.1 Å². The molecule has 16 heteroatoms. The molecule has 16 aromatic rings. The lowest BCUT2D eigenvalue weighted by Gasteiger charge is -2.32. The van der Waals surface area contributed by atoms with Gasteiger partial charge < -0.3 is 0 Å². The quantitative estimate of drug-likeness (QED) is 0.0898. The predicted octanol–water partition coefficient (Wildman–Crippen LogP) is 18.2. The van der Waals surface area contributed by atoms with Crippen LogP contribution in [0.15, 0.2) is 133 Å². The van der Waals surface area contributed by atoms with Crippen LogP contribution >= 0.6 is 0 Å². The first-order valence-electron chi connectivity index (χ1n) is 34.6. The second kappa shape index (κ2) is 20.3. The summed E-state index contributed by atoms with van der Waals surface area (Å²) in [4.78, 5) is 152. The summed E-state index contributed by atoms with van der Waals surface area (Å²) < 4.78 is 0. The van der Waals surface area contributed by atoms with Crippen LogP contribution in [0.4, 0.5) is 22.7 Å². The molecule has 0 saturated carbocycles. The van der Waals surface area contributed by atoms with Gasteiger partial charge in [-0.3, -0.25) is 38.4 Å². The average Bonchev–Trinajstić information content (AvgIpc) is 0.687. The maximum atomic E-state index is 16.3. The second-order valence-electron chi connectivity index (χ2n) is 29.2. The number of carbonyl (C=O) groups excluding carboxylic acids is 8. The number of anilines is 4. The summed E-state index contributed by atoms with van der Waals surface area (Å²) in [6, 6.07) is 40.4. The number of nitrogens with zero attached hydrogens (tertiary/aromatic N) is 8. The molecule has 0 saturated heterocycles. The molecule has 0 spiro atoms. The fourth-order valence-corrected chi connectivity index (χ4v) is 18.7. The third kappa shape index (κ3) is 7.59. The summed E-state index contributed by atoms with van der Waals surface area (Å²) in [5, 5.41) is 5.65. The number of benzene rings is 12. The zero-order valence-electron chi connectivity index (χ0n) is 58.5. The van der Waals surface area contributed by atoms with E-state index < -0.39 is 47.3 Å². The highest BCUT2D eigenvalue weighted by atomic mass is 16.2. The monoisotopic (exact) mass is 1350 g/mol. The summed E-state index contributed by atoms with van der Waals surface area (Å²) in [7, 11) is 0. The number of aryl methyl sites for hydroxylation is 12. The van der Waals surface area contributed by atoms with Crippen molar-refractivity contribution in [3.63, 3.8) is 0 Å². The van der Waals surface area contributed by atoms with Gasteiger partial charge in [0.2, 0.25) is 0 Å². The lowest BCUT2D eigenvalue weighted by atomic mass is 9.83. The highest BCUT2D eigenvalue weighted by Crippen LogP contribution is 2.52. The first kappa shape index (κ1) is 60.8. The van der Waals surface area contributed by atoms with Crippen LogP contribution in [0.25, 0.3) is 120 Å². The Morgan fingerprint density at radius 3 is 0.673 bits per heavy atom. The number of rotatable bonds is 5. The van der Waals surface area contributed by atoms with E-state index in [-0.39, 0.29) is 22.3 Å². The molecule has 20 rings (SSSR count). The fourth-order valence-electron chi connectivity index (χ4n) is 18.7. The van der Waals surface area contributed by atoms with E-state index in [0.29, 0.717) is 187 Å². The lowest BCUT2D eigenvalue weighted by molar-refractivity contribution is 0.0877. The van der Waals surface area contributed by atoms with Crippen molar-refractivity contribution in [3.05, 3.63) is 245 Å². The molecular formula is C88H58N8O8. The molecule has 12 aromatic carbocycles. The molecule has 0 N–H and O–H groups in total. The molecule has 498 valence electrons. The van der Waals surface area contributed by atoms with Crippen molar-refractivity contribution in [3.8, 4) is 11.1 Å². The SMILES string of the molecule is Cc1cc(C)c(N2C(=O)c3ccc4nc5c6ccc7c8c(cc(-c9cc%10c%11c(ccc%12c%13nc%14ccc%15c%16c(ccc(c%13nc9c%11%12)c%14%16)C(=O)N(c9c(C)cc(C)cc9C)C%15=O)C(=O)N(c9c(C)cc(C)cc9C)C%10=O)c(nc5c5ccc(c3c45)C2=O)c86)C(=O)N(c2c(C)cc(C)cc2C)C7=O)c(C)c1. The molecule has 0 radical (unpaired) electrons. The van der Waals surface area contributed by atoms with Crippen LogP contribution in [0, 0.1) is 83.1 Å². The first-order valence-corrected chi connectivity index (χ1v) is 34.6. The molecule has 0 unspecified atom stereocenters. The van der Waals surface area contributed by atoms with Crippen LogP contribution < -0.4 is 19.6 Å². The average molecular weight is 1360 g/mol. The Morgan fingerprint density at radius 2 is 0.413 bits per heavy atom. The van der Waals surface area contributed by atoms with E-state index in [1.54, 1.807) is 60.7 Å². The summed E-state index contributed by atoms with van der Waals surface area (Å²) >= 11 is 0. The minimum atomic E-state index is -0.608. The number of aromatic nitrogens is 4. The molecule has 0 atom stereocenters. The fraction of sp³-hybridized carbons (Fsp3) is 0.136. The number of carbonyl (C=O) groups is 8. The van der Waals surface area contributed by atoms with Crippen molar-refractivity contribution in [2.45, 2.75) is 83.1 Å². The zero-order valence-corrected chi connectivity index (χ0v) is 58.5. The highest BCUT2D eigenvalue weighted by molar-refractivity contribution is 6.46. The van der Waals surface area contributed by atoms with Gasteiger partial charge in [0, 0.05) is 120 Å². The molecule has 4 aromatic heterocycles. The number of fused-ring (bicyclic) bond motifs is 6. The normalized spacial score (nSPS) is 14.6. The van der Waals surface area contributed by atoms with Crippen molar-refractivity contribution in [2.75, 3.05) is 19.6 Å². The van der Waals surface area contributed by atoms with Crippen molar-refractivity contribution in [2.24, 2.45) is 0 Å². The van der Waals surface area contributed by atoms with Gasteiger partial charge in [-0.25, -0.2) is 39.5 Å². The van der Waals surface area contributed by atoms with Crippen molar-refractivity contribution >= 4 is 179 Å². The van der Waals surface area contributed by atoms with E-state index >= 15 is 38.4 Å². The van der Waals surface area contributed by atoms with Crippen LogP contribution in [0.3, 0.4) is 0 Å². The molecule has 16 nitrogen and oxygen atoms in total. The molecule has 0 fully saturated rings. The standard InChI is InChI=1S/C88H58N8O8/c1-35-25-39(5)77(40(6)26-35)93-81(97)51-17-13-47-67-61(23-21-55(63(51)67)85(93)101)89-73-49-15-19-53-65-59(87(103)95(83(53)99)79-43(9)29-37(3)30-44(79)10)33-57(71(69(49)65)91-75(47)73)58-34-60-66-54(84(100)96(88(60)104)80-45(11)31-38(4)32-46(80)12)20-16-50-70(66)72(58)92-76-48-14-18-52-64-56(22-24-62(68(48)64)90-74(50)76)86(102)94(82(52)98)78-41(7)27-36(2)28-42(78)8/h13-34H,1-12H3. The van der Waals surface area contributed by atoms with Crippen LogP contribution in [0.5, 0.6) is 0 Å². The summed E-state index contributed by atoms with van der Waals surface area (Å²) in [6.45, 7) is 23.0. The Hall–Kier alpha value is -13.1. The third-order valence-corrected chi connectivity index (χ3v) is 22.4. The summed E-state index contributed by atoms with van der Waals surface area (Å²) in [6.07, 6.45) is 0. The summed E-state index contributed by atoms with van der Waals surface area (Å²) in [5.41, 5.74) is 17.6. The number of hydrogen-bond acceptors (Lipinski definition) is 12. The Bertz CT molecular complexity index is 6530. The minimum Gasteiger partial charge on any atom is -0.268 e. The van der Waals surface area contributed by atoms with Crippen LogP contribution in [-0.2, 0) is 0 Å². The van der Waals surface area contributed by atoms with E-state index in [0.717, 1.165) is 44.5 Å². The Morgan fingerprint density at radius 1 is 0.202 bits per heavy atom. The van der Waals surface area contributed by atoms with Gasteiger partial charge in [-0.05, 0) is 188 Å². The van der Waals surface area contributed by atoms with Gasteiger partial charge in [0.05, 0.1) is 66.9 Å². The molecule has 0 aliphatic carbocycles. The van der Waals surface area contributed by atoms with Crippen LogP contribution in [0.1, 0.15) is 150 Å². The van der Waals surface area contributed by atoms with Crippen molar-refractivity contribution in [1.29, 1.82) is 0 Å². The zero-order chi connectivity index (χ0) is 71.9. The van der Waals surface area contributed by atoms with Gasteiger partial charge in [-0.15, -0.1) is 0 Å². The number of pyridine rings is 4. The van der Waals surface area contributed by atoms with Gasteiger partial charge in [0.25, 0.3) is 47.3 Å². The first-order chi connectivity index (χ1) is 49.9. The van der Waals surface area contributed by atoms with Gasteiger partial charge >= 0.3 is 0 Å². The Balaban J connectivity index is 0.920. The molecule has 8 amide bonds. The minimum absolute atomic E-state index is 0.157. The van der Waals surface area contributed by atoms with E-state index in [4.69, 9.17) is 19.9 Å². The second-order valence-corrected chi connectivity index (χ2v) is 29.2. The Labute approximate surface area is 592 Å². The number of hydrogen-bond donors (Lipinski definition) is 0. The predicted molar refractivity (Wildman–Crippen MR) is 408 cm³/mol. The number of amides is 8. The topological polar surface area (TPSA) is 201 Å². The van der Waals surface area contributed by atoms with Crippen LogP contribution in [0.2, 0.25) is 0 Å². The maximum Gasteiger partial charge on any atom is 0.266 e. The van der Waals surface area contributed by atoms with E-state index in [1.807, 2.05) is 156 Å². The van der Waals surface area contributed by atoms with Gasteiger partial charge in [0.1, 0.15) is 0 Å². The highest BCUT2D eigenvalue weighted by Gasteiger charge is 2.44. The molecule has 104 heavy (non-hydrogen) atoms. The smallest absolute Gasteiger partial charge is 0.266 e. The van der Waals surface area contributed by atoms with Gasteiger partial charge in [0.15, 0.2) is 0 Å². The van der Waals surface area contributed by atoms with Crippen molar-refractivity contribution < 1.29 is 38.4 Å². The third-order valence-electron chi connectivity index (χ3n) is 22.4. The molecule has 0 bridgehead atoms. The van der Waals surface area contributed by atoms with E-state index in [2.05, 4.69) is 0 Å².